The largest absolute Gasteiger partial charge is 0.497 e. The van der Waals surface area contributed by atoms with E-state index in [2.05, 4.69) is 14.2 Å². The van der Waals surface area contributed by atoms with Crippen molar-refractivity contribution >= 4 is 25.4 Å². The number of methoxy groups -OCH3 is 1. The highest BCUT2D eigenvalue weighted by molar-refractivity contribution is 7.27. The topological polar surface area (TPSA) is 42.1 Å². The molecule has 1 aromatic heterocycles. The highest BCUT2D eigenvalue weighted by Gasteiger charge is 2.12. The van der Waals surface area contributed by atoms with E-state index in [4.69, 9.17) is 4.74 Å². The van der Waals surface area contributed by atoms with E-state index in [1.807, 2.05) is 6.07 Å². The first kappa shape index (κ1) is 13.8. The Morgan fingerprint density at radius 3 is 2.48 bits per heavy atom. The summed E-state index contributed by atoms with van der Waals surface area (Å²) in [4.78, 5) is 14.9. The predicted molar refractivity (Wildman–Crippen MR) is 85.9 cm³/mol. The van der Waals surface area contributed by atoms with Crippen LogP contribution >= 0.6 is 9.24 Å². The SMILES string of the molecule is COc1ccc2c(-c3ccc(F)cc3)c(P)[nH]c(=O)c2c1. The van der Waals surface area contributed by atoms with E-state index in [0.717, 1.165) is 16.5 Å². The second-order valence-corrected chi connectivity index (χ2v) is 5.24. The lowest BCUT2D eigenvalue weighted by atomic mass is 10.0. The number of hydrogen-bond acceptors (Lipinski definition) is 2. The van der Waals surface area contributed by atoms with Crippen molar-refractivity contribution < 1.29 is 9.13 Å². The summed E-state index contributed by atoms with van der Waals surface area (Å²) in [6.45, 7) is 0. The number of fused-ring (bicyclic) bond motifs is 1. The van der Waals surface area contributed by atoms with Crippen molar-refractivity contribution in [3.8, 4) is 16.9 Å². The van der Waals surface area contributed by atoms with Crippen LogP contribution in [-0.4, -0.2) is 12.1 Å². The minimum atomic E-state index is -0.292. The van der Waals surface area contributed by atoms with Crippen LogP contribution in [-0.2, 0) is 0 Å². The first-order valence-corrected chi connectivity index (χ1v) is 6.93. The van der Waals surface area contributed by atoms with Gasteiger partial charge in [0.05, 0.1) is 12.5 Å². The van der Waals surface area contributed by atoms with E-state index in [0.29, 0.717) is 16.6 Å². The number of ether oxygens (including phenoxy) is 1. The maximum absolute atomic E-state index is 13.1. The quantitative estimate of drug-likeness (QED) is 0.740. The average Bonchev–Trinajstić information content (AvgIpc) is 2.49. The summed E-state index contributed by atoms with van der Waals surface area (Å²) in [5, 5.41) is 1.34. The number of hydrogen-bond donors (Lipinski definition) is 1. The number of H-pyrrole nitrogens is 1. The van der Waals surface area contributed by atoms with Crippen molar-refractivity contribution in [1.29, 1.82) is 0 Å². The summed E-state index contributed by atoms with van der Waals surface area (Å²) < 4.78 is 18.3. The van der Waals surface area contributed by atoms with E-state index < -0.39 is 0 Å². The molecule has 0 fully saturated rings. The second kappa shape index (κ2) is 5.30. The molecule has 21 heavy (non-hydrogen) atoms. The standard InChI is InChI=1S/C16H13FNO2P/c1-20-11-6-7-12-13(8-11)15(19)18-16(21)14(12)9-2-4-10(17)5-3-9/h2-8H,21H2,1H3,(H,18,19). The first-order valence-electron chi connectivity index (χ1n) is 6.35. The number of rotatable bonds is 2. The van der Waals surface area contributed by atoms with Crippen molar-refractivity contribution in [1.82, 2.24) is 4.98 Å². The van der Waals surface area contributed by atoms with Gasteiger partial charge in [0.2, 0.25) is 0 Å². The smallest absolute Gasteiger partial charge is 0.256 e. The normalized spacial score (nSPS) is 10.8. The maximum atomic E-state index is 13.1. The van der Waals surface area contributed by atoms with Crippen LogP contribution in [0.1, 0.15) is 0 Å². The lowest BCUT2D eigenvalue weighted by molar-refractivity contribution is 0.415. The van der Waals surface area contributed by atoms with Crippen LogP contribution in [0.15, 0.2) is 47.3 Å². The molecule has 3 aromatic rings. The zero-order valence-electron chi connectivity index (χ0n) is 11.3. The predicted octanol–water partition coefficient (Wildman–Crippen LogP) is 2.84. The van der Waals surface area contributed by atoms with Gasteiger partial charge < -0.3 is 9.72 Å². The van der Waals surface area contributed by atoms with Gasteiger partial charge >= 0.3 is 0 Å². The number of benzene rings is 2. The van der Waals surface area contributed by atoms with Gasteiger partial charge in [-0.15, -0.1) is 0 Å². The summed E-state index contributed by atoms with van der Waals surface area (Å²) in [5.41, 5.74) is 2.19. The number of halogens is 1. The zero-order chi connectivity index (χ0) is 15.0. The molecule has 0 saturated carbocycles. The van der Waals surface area contributed by atoms with Crippen molar-refractivity contribution in [3.05, 3.63) is 58.6 Å². The van der Waals surface area contributed by atoms with Gasteiger partial charge in [0.25, 0.3) is 5.56 Å². The lowest BCUT2D eigenvalue weighted by Crippen LogP contribution is -2.17. The molecule has 5 heteroatoms. The fourth-order valence-corrected chi connectivity index (χ4v) is 2.83. The molecule has 1 atom stereocenters. The molecule has 0 bridgehead atoms. The van der Waals surface area contributed by atoms with Gasteiger partial charge in [0.1, 0.15) is 11.6 Å². The van der Waals surface area contributed by atoms with Gasteiger partial charge in [-0.1, -0.05) is 21.4 Å². The highest BCUT2D eigenvalue weighted by atomic mass is 31.0. The van der Waals surface area contributed by atoms with Crippen molar-refractivity contribution in [3.63, 3.8) is 0 Å². The molecule has 0 amide bonds. The van der Waals surface area contributed by atoms with Crippen LogP contribution in [0, 0.1) is 5.82 Å². The van der Waals surface area contributed by atoms with Crippen molar-refractivity contribution in [2.45, 2.75) is 0 Å². The van der Waals surface area contributed by atoms with Gasteiger partial charge in [-0.25, -0.2) is 4.39 Å². The Hall–Kier alpha value is -2.19. The van der Waals surface area contributed by atoms with E-state index in [-0.39, 0.29) is 11.4 Å². The Morgan fingerprint density at radius 1 is 1.10 bits per heavy atom. The zero-order valence-corrected chi connectivity index (χ0v) is 12.5. The molecule has 0 aliphatic heterocycles. The molecule has 2 aromatic carbocycles. The number of aromatic nitrogens is 1. The summed E-state index contributed by atoms with van der Waals surface area (Å²) in [5.74, 6) is 0.328. The minimum Gasteiger partial charge on any atom is -0.497 e. The van der Waals surface area contributed by atoms with Crippen molar-refractivity contribution in [2.75, 3.05) is 7.11 Å². The van der Waals surface area contributed by atoms with Gasteiger partial charge in [0, 0.05) is 11.0 Å². The Labute approximate surface area is 123 Å². The average molecular weight is 301 g/mol. The Morgan fingerprint density at radius 2 is 1.81 bits per heavy atom. The first-order chi connectivity index (χ1) is 10.1. The summed E-state index contributed by atoms with van der Waals surface area (Å²) in [6.07, 6.45) is 0. The molecular weight excluding hydrogens is 288 g/mol. The third-order valence-corrected chi connectivity index (χ3v) is 3.82. The maximum Gasteiger partial charge on any atom is 0.256 e. The molecule has 1 heterocycles. The third-order valence-electron chi connectivity index (χ3n) is 3.39. The molecule has 3 rings (SSSR count). The monoisotopic (exact) mass is 301 g/mol. The fourth-order valence-electron chi connectivity index (χ4n) is 2.38. The lowest BCUT2D eigenvalue weighted by Gasteiger charge is -2.11. The van der Waals surface area contributed by atoms with Crippen LogP contribution in [0.25, 0.3) is 21.9 Å². The Bertz CT molecular complexity index is 872. The molecule has 0 radical (unpaired) electrons. The van der Waals surface area contributed by atoms with Gasteiger partial charge in [-0.2, -0.15) is 0 Å². The van der Waals surface area contributed by atoms with E-state index in [1.165, 1.54) is 12.1 Å². The number of aromatic amines is 1. The molecule has 0 spiro atoms. The highest BCUT2D eigenvalue weighted by Crippen LogP contribution is 2.28. The number of nitrogens with one attached hydrogen (secondary N) is 1. The van der Waals surface area contributed by atoms with Crippen LogP contribution < -0.4 is 15.7 Å². The van der Waals surface area contributed by atoms with E-state index in [1.54, 1.807) is 31.4 Å². The Balaban J connectivity index is 2.36. The van der Waals surface area contributed by atoms with Crippen LogP contribution in [0.5, 0.6) is 5.75 Å². The Kier molecular flexibility index (Phi) is 3.48. The summed E-state index contributed by atoms with van der Waals surface area (Å²) in [6, 6.07) is 11.5. The van der Waals surface area contributed by atoms with Crippen LogP contribution in [0.3, 0.4) is 0 Å². The minimum absolute atomic E-state index is 0.181. The molecule has 0 aliphatic carbocycles. The molecule has 0 aliphatic rings. The molecule has 1 unspecified atom stereocenters. The fraction of sp³-hybridized carbons (Fsp3) is 0.0625. The van der Waals surface area contributed by atoms with E-state index >= 15 is 0 Å². The number of pyridine rings is 1. The summed E-state index contributed by atoms with van der Waals surface area (Å²) >= 11 is 0. The van der Waals surface area contributed by atoms with Crippen molar-refractivity contribution in [2.24, 2.45) is 0 Å². The van der Waals surface area contributed by atoms with Gasteiger partial charge in [-0.05, 0) is 41.3 Å². The van der Waals surface area contributed by atoms with E-state index in [9.17, 15) is 9.18 Å². The van der Waals surface area contributed by atoms with Crippen LogP contribution in [0.4, 0.5) is 4.39 Å². The second-order valence-electron chi connectivity index (χ2n) is 4.66. The molecule has 1 N–H and O–H groups in total. The molecule has 0 saturated heterocycles. The molecule has 3 nitrogen and oxygen atoms in total. The van der Waals surface area contributed by atoms with Crippen LogP contribution in [0.2, 0.25) is 0 Å². The molecule has 106 valence electrons. The van der Waals surface area contributed by atoms with Gasteiger partial charge in [-0.3, -0.25) is 4.79 Å². The summed E-state index contributed by atoms with van der Waals surface area (Å²) in [7, 11) is 4.08. The molecular formula is C16H13FNO2P. The van der Waals surface area contributed by atoms with Gasteiger partial charge in [0.15, 0.2) is 0 Å². The third kappa shape index (κ3) is 2.43.